The van der Waals surface area contributed by atoms with Crippen molar-refractivity contribution >= 4 is 17.2 Å². The van der Waals surface area contributed by atoms with Crippen LogP contribution in [0.4, 0.5) is 0 Å². The summed E-state index contributed by atoms with van der Waals surface area (Å²) in [6, 6.07) is 1.09. The Morgan fingerprint density at radius 1 is 1.48 bits per heavy atom. The predicted octanol–water partition coefficient (Wildman–Crippen LogP) is 0.986. The molecule has 3 heterocycles. The van der Waals surface area contributed by atoms with Crippen LogP contribution in [0.15, 0.2) is 16.2 Å². The van der Waals surface area contributed by atoms with Crippen molar-refractivity contribution in [1.29, 1.82) is 0 Å². The molecule has 122 valence electrons. The second-order valence-electron chi connectivity index (χ2n) is 5.47. The Labute approximate surface area is 137 Å². The lowest BCUT2D eigenvalue weighted by Crippen LogP contribution is -2.44. The summed E-state index contributed by atoms with van der Waals surface area (Å²) in [6.07, 6.45) is 0.253. The number of carbonyl (C=O) groups excluding carboxylic acids is 1. The first-order chi connectivity index (χ1) is 11.0. The number of hydrogen-bond donors (Lipinski definition) is 1. The summed E-state index contributed by atoms with van der Waals surface area (Å²) in [5, 5.41) is 2.84. The fraction of sp³-hybridized carbons (Fsp3) is 0.467. The van der Waals surface area contributed by atoms with Crippen LogP contribution in [-0.4, -0.2) is 45.5 Å². The number of ether oxygens (including phenoxy) is 1. The number of aromatic nitrogens is 3. The van der Waals surface area contributed by atoms with E-state index < -0.39 is 0 Å². The number of morpholine rings is 1. The molecule has 1 unspecified atom stereocenters. The van der Waals surface area contributed by atoms with E-state index in [0.29, 0.717) is 31.3 Å². The Bertz CT molecular complexity index is 770. The maximum Gasteiger partial charge on any atom is 0.251 e. The fourth-order valence-corrected chi connectivity index (χ4v) is 3.28. The number of amides is 1. The van der Waals surface area contributed by atoms with Gasteiger partial charge in [-0.3, -0.25) is 9.59 Å². The highest BCUT2D eigenvalue weighted by molar-refractivity contribution is 7.09. The lowest BCUT2D eigenvalue weighted by atomic mass is 10.1. The molecule has 2 aromatic rings. The van der Waals surface area contributed by atoms with E-state index in [2.05, 4.69) is 15.0 Å². The highest BCUT2D eigenvalue weighted by atomic mass is 32.1. The van der Waals surface area contributed by atoms with E-state index in [0.717, 1.165) is 10.7 Å². The molecule has 23 heavy (non-hydrogen) atoms. The molecule has 1 saturated heterocycles. The number of rotatable bonds is 3. The minimum atomic E-state index is -0.336. The molecule has 8 heteroatoms. The van der Waals surface area contributed by atoms with Gasteiger partial charge in [0.05, 0.1) is 42.1 Å². The minimum absolute atomic E-state index is 0.0247. The van der Waals surface area contributed by atoms with Gasteiger partial charge in [0.2, 0.25) is 5.91 Å². The number of aryl methyl sites for hydroxylation is 2. The molecule has 0 radical (unpaired) electrons. The first-order valence-corrected chi connectivity index (χ1v) is 8.27. The van der Waals surface area contributed by atoms with Crippen molar-refractivity contribution in [2.75, 3.05) is 19.8 Å². The molecule has 1 amide bonds. The molecule has 3 rings (SSSR count). The zero-order chi connectivity index (χ0) is 16.4. The van der Waals surface area contributed by atoms with Gasteiger partial charge in [0.25, 0.3) is 5.56 Å². The third kappa shape index (κ3) is 3.65. The summed E-state index contributed by atoms with van der Waals surface area (Å²) in [7, 11) is 0. The van der Waals surface area contributed by atoms with Crippen LogP contribution in [0, 0.1) is 13.8 Å². The average Bonchev–Trinajstić information content (AvgIpc) is 2.91. The lowest BCUT2D eigenvalue weighted by Gasteiger charge is -2.35. The Morgan fingerprint density at radius 2 is 2.30 bits per heavy atom. The highest BCUT2D eigenvalue weighted by Gasteiger charge is 2.30. The van der Waals surface area contributed by atoms with E-state index in [1.807, 2.05) is 12.3 Å². The van der Waals surface area contributed by atoms with Crippen molar-refractivity contribution in [2.45, 2.75) is 26.3 Å². The van der Waals surface area contributed by atoms with Crippen LogP contribution in [-0.2, 0) is 16.0 Å². The second-order valence-corrected chi connectivity index (χ2v) is 6.53. The molecule has 0 saturated carbocycles. The Balaban J connectivity index is 1.83. The van der Waals surface area contributed by atoms with Gasteiger partial charge in [-0.25, -0.2) is 9.97 Å². The van der Waals surface area contributed by atoms with Gasteiger partial charge in [0.1, 0.15) is 5.82 Å². The third-order valence-electron chi connectivity index (χ3n) is 3.67. The van der Waals surface area contributed by atoms with Crippen molar-refractivity contribution in [1.82, 2.24) is 19.9 Å². The monoisotopic (exact) mass is 334 g/mol. The number of H-pyrrole nitrogens is 1. The molecule has 7 nitrogen and oxygen atoms in total. The molecule has 1 fully saturated rings. The van der Waals surface area contributed by atoms with Gasteiger partial charge in [-0.05, 0) is 13.8 Å². The van der Waals surface area contributed by atoms with Gasteiger partial charge in [-0.15, -0.1) is 11.3 Å². The van der Waals surface area contributed by atoms with Crippen LogP contribution in [0.3, 0.4) is 0 Å². The average molecular weight is 334 g/mol. The number of aromatic amines is 1. The summed E-state index contributed by atoms with van der Waals surface area (Å²) in [5.41, 5.74) is 1.12. The molecular weight excluding hydrogens is 316 g/mol. The van der Waals surface area contributed by atoms with E-state index in [1.165, 1.54) is 17.4 Å². The van der Waals surface area contributed by atoms with Gasteiger partial charge in [0, 0.05) is 18.0 Å². The molecule has 1 atom stereocenters. The number of nitrogens with one attached hydrogen (secondary N) is 1. The van der Waals surface area contributed by atoms with Crippen LogP contribution in [0.1, 0.15) is 28.3 Å². The summed E-state index contributed by atoms with van der Waals surface area (Å²) >= 11 is 1.53. The number of carbonyl (C=O) groups is 1. The van der Waals surface area contributed by atoms with Crippen molar-refractivity contribution in [3.63, 3.8) is 0 Å². The van der Waals surface area contributed by atoms with Gasteiger partial charge in [-0.1, -0.05) is 0 Å². The Kier molecular flexibility index (Phi) is 4.53. The smallest absolute Gasteiger partial charge is 0.251 e. The van der Waals surface area contributed by atoms with Crippen LogP contribution in [0.5, 0.6) is 0 Å². The molecule has 0 spiro atoms. The second kappa shape index (κ2) is 6.59. The molecule has 1 aliphatic rings. The van der Waals surface area contributed by atoms with E-state index in [1.54, 1.807) is 11.8 Å². The summed E-state index contributed by atoms with van der Waals surface area (Å²) < 4.78 is 5.49. The van der Waals surface area contributed by atoms with Crippen LogP contribution in [0.2, 0.25) is 0 Å². The van der Waals surface area contributed by atoms with Crippen LogP contribution < -0.4 is 5.56 Å². The minimum Gasteiger partial charge on any atom is -0.377 e. The maximum atomic E-state index is 12.7. The first-order valence-electron chi connectivity index (χ1n) is 7.39. The van der Waals surface area contributed by atoms with Crippen molar-refractivity contribution in [2.24, 2.45) is 0 Å². The molecular formula is C15H18N4O3S. The van der Waals surface area contributed by atoms with Gasteiger partial charge in [-0.2, -0.15) is 0 Å². The van der Waals surface area contributed by atoms with E-state index in [4.69, 9.17) is 4.74 Å². The van der Waals surface area contributed by atoms with Gasteiger partial charge < -0.3 is 14.6 Å². The zero-order valence-corrected chi connectivity index (χ0v) is 13.9. The molecule has 0 bridgehead atoms. The largest absolute Gasteiger partial charge is 0.377 e. The summed E-state index contributed by atoms with van der Waals surface area (Å²) in [6.45, 7) is 4.95. The van der Waals surface area contributed by atoms with Crippen molar-refractivity contribution in [3.05, 3.63) is 44.0 Å². The molecule has 0 aromatic carbocycles. The van der Waals surface area contributed by atoms with Gasteiger partial charge >= 0.3 is 0 Å². The standard InChI is InChI=1S/C15H18N4O3S/c1-9-16-12(6-14(20)17-9)13-7-22-4-3-19(13)15(21)5-11-8-23-10(2)18-11/h6,8,13H,3-5,7H2,1-2H3,(H,16,17,20). The van der Waals surface area contributed by atoms with Crippen LogP contribution >= 0.6 is 11.3 Å². The molecule has 2 aromatic heterocycles. The molecule has 1 aliphatic heterocycles. The van der Waals surface area contributed by atoms with Gasteiger partial charge in [0.15, 0.2) is 0 Å². The molecule has 0 aliphatic carbocycles. The number of hydrogen-bond acceptors (Lipinski definition) is 6. The third-order valence-corrected chi connectivity index (χ3v) is 4.49. The number of thiazole rings is 1. The van der Waals surface area contributed by atoms with Crippen molar-refractivity contribution < 1.29 is 9.53 Å². The Hall–Kier alpha value is -2.06. The normalized spacial score (nSPS) is 18.2. The topological polar surface area (TPSA) is 88.2 Å². The van der Waals surface area contributed by atoms with Crippen molar-refractivity contribution in [3.8, 4) is 0 Å². The lowest BCUT2D eigenvalue weighted by molar-refractivity contribution is -0.139. The Morgan fingerprint density at radius 3 is 3.00 bits per heavy atom. The first kappa shape index (κ1) is 15.8. The quantitative estimate of drug-likeness (QED) is 0.904. The molecule has 1 N–H and O–H groups in total. The predicted molar refractivity (Wildman–Crippen MR) is 85.4 cm³/mol. The SMILES string of the molecule is Cc1nc(C2COCCN2C(=O)Cc2csc(C)n2)cc(=O)[nH]1. The number of nitrogens with zero attached hydrogens (tertiary/aromatic N) is 3. The summed E-state index contributed by atoms with van der Waals surface area (Å²) in [4.78, 5) is 37.4. The summed E-state index contributed by atoms with van der Waals surface area (Å²) in [5.74, 6) is 0.504. The van der Waals surface area contributed by atoms with Crippen LogP contribution in [0.25, 0.3) is 0 Å². The van der Waals surface area contributed by atoms with E-state index in [-0.39, 0.29) is 23.9 Å². The van der Waals surface area contributed by atoms with E-state index >= 15 is 0 Å². The maximum absolute atomic E-state index is 12.7. The highest BCUT2D eigenvalue weighted by Crippen LogP contribution is 2.23. The zero-order valence-electron chi connectivity index (χ0n) is 13.0. The fourth-order valence-electron chi connectivity index (χ4n) is 2.67. The van der Waals surface area contributed by atoms with E-state index in [9.17, 15) is 9.59 Å².